The van der Waals surface area contributed by atoms with Crippen molar-refractivity contribution in [3.05, 3.63) is 29.6 Å². The van der Waals surface area contributed by atoms with Crippen LogP contribution in [0.25, 0.3) is 0 Å². The van der Waals surface area contributed by atoms with Gasteiger partial charge in [-0.25, -0.2) is 0 Å². The predicted molar refractivity (Wildman–Crippen MR) is 51.7 cm³/mol. The molecule has 0 N–H and O–H groups in total. The van der Waals surface area contributed by atoms with Crippen molar-refractivity contribution in [2.45, 2.75) is 20.3 Å². The molecule has 0 atom stereocenters. The highest BCUT2D eigenvalue weighted by Crippen LogP contribution is 1.94. The Hall–Kier alpha value is -1.18. The molecule has 0 amide bonds. The Bertz CT molecular complexity index is 266. The second-order valence-electron chi connectivity index (χ2n) is 2.74. The van der Waals surface area contributed by atoms with Gasteiger partial charge in [0.1, 0.15) is 0 Å². The summed E-state index contributed by atoms with van der Waals surface area (Å²) in [5.41, 5.74) is 1.99. The van der Waals surface area contributed by atoms with E-state index in [9.17, 15) is 0 Å². The molecule has 1 heterocycles. The normalized spacial score (nSPS) is 10.8. The number of nitrogens with zero attached hydrogens (tertiary/aromatic N) is 2. The molecule has 1 rings (SSSR count). The van der Waals surface area contributed by atoms with Crippen LogP contribution in [0, 0.1) is 6.92 Å². The Morgan fingerprint density at radius 1 is 1.50 bits per heavy atom. The molecule has 2 nitrogen and oxygen atoms in total. The minimum Gasteiger partial charge on any atom is -0.291 e. The molecule has 0 saturated heterocycles. The number of hydrogen-bond acceptors (Lipinski definition) is 2. The predicted octanol–water partition coefficient (Wildman–Crippen LogP) is 2.22. The largest absolute Gasteiger partial charge is 0.291 e. The highest BCUT2D eigenvalue weighted by Gasteiger charge is 1.87. The van der Waals surface area contributed by atoms with Gasteiger partial charge < -0.3 is 0 Å². The molecule has 0 spiro atoms. The summed E-state index contributed by atoms with van der Waals surface area (Å²) >= 11 is 0. The first kappa shape index (κ1) is 8.91. The Balaban J connectivity index is 2.63. The van der Waals surface area contributed by atoms with Crippen molar-refractivity contribution in [1.29, 1.82) is 0 Å². The summed E-state index contributed by atoms with van der Waals surface area (Å²) in [5, 5.41) is 0. The van der Waals surface area contributed by atoms with Crippen molar-refractivity contribution >= 4 is 6.21 Å². The van der Waals surface area contributed by atoms with Crippen molar-refractivity contribution in [1.82, 2.24) is 4.98 Å². The zero-order chi connectivity index (χ0) is 8.81. The third kappa shape index (κ3) is 2.82. The summed E-state index contributed by atoms with van der Waals surface area (Å²) in [6.45, 7) is 4.98. The van der Waals surface area contributed by atoms with Crippen molar-refractivity contribution in [3.8, 4) is 0 Å². The van der Waals surface area contributed by atoms with Crippen LogP contribution in [0.5, 0.6) is 0 Å². The first-order valence-electron chi connectivity index (χ1n) is 4.26. The monoisotopic (exact) mass is 162 g/mol. The van der Waals surface area contributed by atoms with Gasteiger partial charge >= 0.3 is 0 Å². The summed E-state index contributed by atoms with van der Waals surface area (Å²) in [7, 11) is 0. The number of aryl methyl sites for hydroxylation is 1. The molecule has 2 heteroatoms. The Morgan fingerprint density at radius 2 is 2.33 bits per heavy atom. The lowest BCUT2D eigenvalue weighted by Gasteiger charge is -1.93. The summed E-state index contributed by atoms with van der Waals surface area (Å²) in [6.07, 6.45) is 2.92. The molecule has 1 aromatic rings. The molecular formula is C10H14N2. The first-order valence-corrected chi connectivity index (χ1v) is 4.26. The molecule has 0 aliphatic rings. The lowest BCUT2D eigenvalue weighted by Crippen LogP contribution is -1.89. The second-order valence-corrected chi connectivity index (χ2v) is 2.74. The van der Waals surface area contributed by atoms with Crippen molar-refractivity contribution < 1.29 is 0 Å². The zero-order valence-electron chi connectivity index (χ0n) is 7.62. The quantitative estimate of drug-likeness (QED) is 0.625. The van der Waals surface area contributed by atoms with Gasteiger partial charge in [0.2, 0.25) is 0 Å². The van der Waals surface area contributed by atoms with Gasteiger partial charge in [-0.05, 0) is 25.5 Å². The van der Waals surface area contributed by atoms with E-state index in [1.54, 1.807) is 0 Å². The molecule has 64 valence electrons. The van der Waals surface area contributed by atoms with Crippen LogP contribution in [-0.2, 0) is 0 Å². The van der Waals surface area contributed by atoms with Gasteiger partial charge in [0.25, 0.3) is 0 Å². The third-order valence-corrected chi connectivity index (χ3v) is 1.49. The van der Waals surface area contributed by atoms with Gasteiger partial charge in [0.15, 0.2) is 0 Å². The summed E-state index contributed by atoms with van der Waals surface area (Å²) in [5.74, 6) is 0. The number of aromatic nitrogens is 1. The maximum absolute atomic E-state index is 4.30. The number of aliphatic imine (C=N–C) groups is 1. The molecule has 0 saturated carbocycles. The van der Waals surface area contributed by atoms with E-state index >= 15 is 0 Å². The van der Waals surface area contributed by atoms with Crippen LogP contribution in [0.4, 0.5) is 0 Å². The van der Waals surface area contributed by atoms with Gasteiger partial charge in [-0.15, -0.1) is 0 Å². The fourth-order valence-electron chi connectivity index (χ4n) is 0.923. The van der Waals surface area contributed by atoms with Gasteiger partial charge in [0, 0.05) is 18.5 Å². The van der Waals surface area contributed by atoms with Crippen molar-refractivity contribution in [2.75, 3.05) is 6.54 Å². The van der Waals surface area contributed by atoms with E-state index < -0.39 is 0 Å². The van der Waals surface area contributed by atoms with Crippen LogP contribution in [0.15, 0.2) is 23.2 Å². The first-order chi connectivity index (χ1) is 5.83. The van der Waals surface area contributed by atoms with E-state index in [2.05, 4.69) is 16.9 Å². The average molecular weight is 162 g/mol. The Kier molecular flexibility index (Phi) is 3.45. The maximum Gasteiger partial charge on any atom is 0.0811 e. The summed E-state index contributed by atoms with van der Waals surface area (Å²) in [6, 6.07) is 5.94. The molecule has 0 bridgehead atoms. The van der Waals surface area contributed by atoms with E-state index in [0.717, 1.165) is 24.4 Å². The zero-order valence-corrected chi connectivity index (χ0v) is 7.62. The minimum absolute atomic E-state index is 0.885. The van der Waals surface area contributed by atoms with E-state index in [4.69, 9.17) is 0 Å². The van der Waals surface area contributed by atoms with E-state index in [1.165, 1.54) is 0 Å². The van der Waals surface area contributed by atoms with Crippen LogP contribution in [0.3, 0.4) is 0 Å². The van der Waals surface area contributed by atoms with Crippen LogP contribution in [0.1, 0.15) is 24.7 Å². The van der Waals surface area contributed by atoms with Gasteiger partial charge in [-0.3, -0.25) is 9.98 Å². The van der Waals surface area contributed by atoms with Crippen LogP contribution >= 0.6 is 0 Å². The lowest BCUT2D eigenvalue weighted by molar-refractivity contribution is 0.935. The van der Waals surface area contributed by atoms with Crippen LogP contribution < -0.4 is 0 Å². The number of rotatable bonds is 3. The summed E-state index contributed by atoms with van der Waals surface area (Å²) < 4.78 is 0. The molecule has 0 fully saturated rings. The van der Waals surface area contributed by atoms with Gasteiger partial charge in [-0.2, -0.15) is 0 Å². The molecule has 0 aromatic carbocycles. The van der Waals surface area contributed by atoms with Crippen LogP contribution in [-0.4, -0.2) is 17.7 Å². The van der Waals surface area contributed by atoms with Crippen molar-refractivity contribution in [3.63, 3.8) is 0 Å². The average Bonchev–Trinajstić information content (AvgIpc) is 2.05. The number of hydrogen-bond donors (Lipinski definition) is 0. The molecular weight excluding hydrogens is 148 g/mol. The SMILES string of the molecule is CCCN=Cc1cccc(C)n1. The molecule has 0 aliphatic heterocycles. The topological polar surface area (TPSA) is 25.2 Å². The highest BCUT2D eigenvalue weighted by atomic mass is 14.8. The maximum atomic E-state index is 4.30. The summed E-state index contributed by atoms with van der Waals surface area (Å²) in [4.78, 5) is 8.51. The minimum atomic E-state index is 0.885. The van der Waals surface area contributed by atoms with Gasteiger partial charge in [-0.1, -0.05) is 13.0 Å². The standard InChI is InChI=1S/C10H14N2/c1-3-7-11-8-10-6-4-5-9(2)12-10/h4-6,8H,3,7H2,1-2H3. The fraction of sp³-hybridized carbons (Fsp3) is 0.400. The molecule has 0 aliphatic carbocycles. The smallest absolute Gasteiger partial charge is 0.0811 e. The van der Waals surface area contributed by atoms with Crippen molar-refractivity contribution in [2.24, 2.45) is 4.99 Å². The Labute approximate surface area is 73.4 Å². The fourth-order valence-corrected chi connectivity index (χ4v) is 0.923. The van der Waals surface area contributed by atoms with E-state index in [-0.39, 0.29) is 0 Å². The second kappa shape index (κ2) is 4.65. The lowest BCUT2D eigenvalue weighted by atomic mass is 10.3. The van der Waals surface area contributed by atoms with E-state index in [0.29, 0.717) is 0 Å². The highest BCUT2D eigenvalue weighted by molar-refractivity contribution is 5.76. The Morgan fingerprint density at radius 3 is 3.00 bits per heavy atom. The third-order valence-electron chi connectivity index (χ3n) is 1.49. The molecule has 0 radical (unpaired) electrons. The molecule has 0 unspecified atom stereocenters. The molecule has 1 aromatic heterocycles. The number of pyridine rings is 1. The van der Waals surface area contributed by atoms with E-state index in [1.807, 2.05) is 31.3 Å². The molecule has 12 heavy (non-hydrogen) atoms. The van der Waals surface area contributed by atoms with Gasteiger partial charge in [0.05, 0.1) is 5.69 Å². The van der Waals surface area contributed by atoms with Crippen LogP contribution in [0.2, 0.25) is 0 Å².